The molecule has 0 fully saturated rings. The van der Waals surface area contributed by atoms with E-state index in [0.717, 1.165) is 28.8 Å². The first-order valence-corrected chi connectivity index (χ1v) is 8.32. The second-order valence-corrected chi connectivity index (χ2v) is 6.22. The summed E-state index contributed by atoms with van der Waals surface area (Å²) in [5.41, 5.74) is 4.57. The van der Waals surface area contributed by atoms with Crippen molar-refractivity contribution in [3.63, 3.8) is 0 Å². The van der Waals surface area contributed by atoms with Crippen LogP contribution in [0.15, 0.2) is 28.7 Å². The van der Waals surface area contributed by atoms with Crippen LogP contribution in [0.1, 0.15) is 36.4 Å². The highest BCUT2D eigenvalue weighted by Gasteiger charge is 2.17. The van der Waals surface area contributed by atoms with Gasteiger partial charge in [-0.05, 0) is 48.2 Å². The summed E-state index contributed by atoms with van der Waals surface area (Å²) in [7, 11) is 0. The Hall–Kier alpha value is -1.13. The molecule has 0 bridgehead atoms. The van der Waals surface area contributed by atoms with Crippen molar-refractivity contribution in [2.45, 2.75) is 52.7 Å². The lowest BCUT2D eigenvalue weighted by Gasteiger charge is -2.12. The van der Waals surface area contributed by atoms with Crippen LogP contribution in [0.2, 0.25) is 0 Å². The summed E-state index contributed by atoms with van der Waals surface area (Å²) in [6.45, 7) is 7.07. The summed E-state index contributed by atoms with van der Waals surface area (Å²) >= 11 is 3.63. The molecule has 21 heavy (non-hydrogen) atoms. The molecule has 0 spiro atoms. The lowest BCUT2D eigenvalue weighted by atomic mass is 10.0. The molecule has 1 unspecified atom stereocenters. The molecule has 4 heteroatoms. The number of aromatic nitrogens is 2. The fourth-order valence-electron chi connectivity index (χ4n) is 2.50. The number of benzene rings is 1. The highest BCUT2D eigenvalue weighted by atomic mass is 79.9. The van der Waals surface area contributed by atoms with Crippen LogP contribution in [0.5, 0.6) is 0 Å². The van der Waals surface area contributed by atoms with Gasteiger partial charge >= 0.3 is 0 Å². The monoisotopic (exact) mass is 350 g/mol. The Balaban J connectivity index is 2.10. The van der Waals surface area contributed by atoms with E-state index in [4.69, 9.17) is 0 Å². The SMILES string of the molecule is CCc1nn(CC)c(CC(O)Cc2ccc(C)cc2)c1Br. The van der Waals surface area contributed by atoms with E-state index in [1.165, 1.54) is 11.1 Å². The third-order valence-corrected chi connectivity index (χ3v) is 4.63. The van der Waals surface area contributed by atoms with Crippen molar-refractivity contribution in [1.29, 1.82) is 0 Å². The third-order valence-electron chi connectivity index (χ3n) is 3.72. The van der Waals surface area contributed by atoms with Gasteiger partial charge in [-0.2, -0.15) is 5.10 Å². The first kappa shape index (κ1) is 16.2. The van der Waals surface area contributed by atoms with Gasteiger partial charge in [-0.25, -0.2) is 0 Å². The maximum atomic E-state index is 10.4. The van der Waals surface area contributed by atoms with Crippen molar-refractivity contribution in [1.82, 2.24) is 9.78 Å². The summed E-state index contributed by atoms with van der Waals surface area (Å²) in [4.78, 5) is 0. The van der Waals surface area contributed by atoms with Crippen molar-refractivity contribution < 1.29 is 5.11 Å². The molecule has 0 aliphatic rings. The molecule has 2 rings (SSSR count). The highest BCUT2D eigenvalue weighted by Crippen LogP contribution is 2.24. The molecular formula is C17H23BrN2O. The van der Waals surface area contributed by atoms with Gasteiger partial charge in [0.2, 0.25) is 0 Å². The fraction of sp³-hybridized carbons (Fsp3) is 0.471. The quantitative estimate of drug-likeness (QED) is 0.862. The van der Waals surface area contributed by atoms with Crippen LogP contribution >= 0.6 is 15.9 Å². The number of nitrogens with zero attached hydrogens (tertiary/aromatic N) is 2. The van der Waals surface area contributed by atoms with Gasteiger partial charge in [0.15, 0.2) is 0 Å². The smallest absolute Gasteiger partial charge is 0.0766 e. The van der Waals surface area contributed by atoms with E-state index >= 15 is 0 Å². The van der Waals surface area contributed by atoms with E-state index < -0.39 is 6.10 Å². The molecule has 3 nitrogen and oxygen atoms in total. The Labute approximate surface area is 135 Å². The van der Waals surface area contributed by atoms with Gasteiger partial charge in [-0.3, -0.25) is 4.68 Å². The topological polar surface area (TPSA) is 38.0 Å². The van der Waals surface area contributed by atoms with E-state index in [9.17, 15) is 5.11 Å². The number of rotatable bonds is 6. The van der Waals surface area contributed by atoms with Gasteiger partial charge in [0, 0.05) is 13.0 Å². The van der Waals surface area contributed by atoms with Crippen molar-refractivity contribution >= 4 is 15.9 Å². The molecule has 0 radical (unpaired) electrons. The third kappa shape index (κ3) is 3.95. The molecule has 0 aliphatic carbocycles. The molecule has 0 saturated heterocycles. The van der Waals surface area contributed by atoms with Crippen LogP contribution in [0.25, 0.3) is 0 Å². The van der Waals surface area contributed by atoms with Crippen LogP contribution < -0.4 is 0 Å². The van der Waals surface area contributed by atoms with Gasteiger partial charge in [0.05, 0.1) is 22.0 Å². The molecule has 1 atom stereocenters. The summed E-state index contributed by atoms with van der Waals surface area (Å²) in [6.07, 6.45) is 1.79. The lowest BCUT2D eigenvalue weighted by Crippen LogP contribution is -2.17. The number of hydrogen-bond acceptors (Lipinski definition) is 2. The van der Waals surface area contributed by atoms with Crippen LogP contribution in [0.3, 0.4) is 0 Å². The molecule has 114 valence electrons. The number of hydrogen-bond donors (Lipinski definition) is 1. The first-order chi connectivity index (χ1) is 10.0. The molecule has 1 aromatic carbocycles. The summed E-state index contributed by atoms with van der Waals surface area (Å²) in [5.74, 6) is 0. The zero-order valence-corrected chi connectivity index (χ0v) is 14.5. The van der Waals surface area contributed by atoms with E-state index in [2.05, 4.69) is 66.1 Å². The van der Waals surface area contributed by atoms with E-state index in [0.29, 0.717) is 12.8 Å². The van der Waals surface area contributed by atoms with Crippen molar-refractivity contribution in [2.75, 3.05) is 0 Å². The lowest BCUT2D eigenvalue weighted by molar-refractivity contribution is 0.172. The molecule has 2 aromatic rings. The number of halogens is 1. The Morgan fingerprint density at radius 1 is 1.19 bits per heavy atom. The maximum Gasteiger partial charge on any atom is 0.0766 e. The van der Waals surface area contributed by atoms with Crippen molar-refractivity contribution in [3.8, 4) is 0 Å². The molecule has 1 heterocycles. The zero-order valence-electron chi connectivity index (χ0n) is 12.9. The van der Waals surface area contributed by atoms with E-state index in [1.807, 2.05) is 4.68 Å². The van der Waals surface area contributed by atoms with Gasteiger partial charge in [0.25, 0.3) is 0 Å². The highest BCUT2D eigenvalue weighted by molar-refractivity contribution is 9.10. The van der Waals surface area contributed by atoms with Crippen LogP contribution in [0, 0.1) is 6.92 Å². The Kier molecular flexibility index (Phi) is 5.59. The molecule has 0 amide bonds. The van der Waals surface area contributed by atoms with Gasteiger partial charge < -0.3 is 5.11 Å². The van der Waals surface area contributed by atoms with E-state index in [-0.39, 0.29) is 0 Å². The van der Waals surface area contributed by atoms with Crippen molar-refractivity contribution in [3.05, 3.63) is 51.3 Å². The Bertz CT molecular complexity index is 590. The minimum Gasteiger partial charge on any atom is -0.392 e. The number of aryl methyl sites for hydroxylation is 3. The second kappa shape index (κ2) is 7.23. The average molecular weight is 351 g/mol. The fourth-order valence-corrected chi connectivity index (χ4v) is 3.23. The normalized spacial score (nSPS) is 12.6. The molecule has 1 N–H and O–H groups in total. The average Bonchev–Trinajstić information content (AvgIpc) is 2.77. The van der Waals surface area contributed by atoms with Crippen LogP contribution in [-0.2, 0) is 25.8 Å². The maximum absolute atomic E-state index is 10.4. The standard InChI is InChI=1S/C17H23BrN2O/c1-4-15-17(18)16(20(5-2)19-15)11-14(21)10-13-8-6-12(3)7-9-13/h6-9,14,21H,4-5,10-11H2,1-3H3. The molecule has 1 aromatic heterocycles. The second-order valence-electron chi connectivity index (χ2n) is 5.42. The molecule has 0 saturated carbocycles. The predicted octanol–water partition coefficient (Wildman–Crippen LogP) is 3.68. The first-order valence-electron chi connectivity index (χ1n) is 7.52. The van der Waals surface area contributed by atoms with Gasteiger partial charge in [-0.1, -0.05) is 36.8 Å². The van der Waals surface area contributed by atoms with Gasteiger partial charge in [0.1, 0.15) is 0 Å². The molecular weight excluding hydrogens is 328 g/mol. The summed E-state index contributed by atoms with van der Waals surface area (Å²) in [6, 6.07) is 8.34. The Morgan fingerprint density at radius 2 is 1.86 bits per heavy atom. The Morgan fingerprint density at radius 3 is 2.43 bits per heavy atom. The summed E-state index contributed by atoms with van der Waals surface area (Å²) in [5, 5.41) is 15.0. The van der Waals surface area contributed by atoms with Crippen LogP contribution in [0.4, 0.5) is 0 Å². The van der Waals surface area contributed by atoms with Crippen molar-refractivity contribution in [2.24, 2.45) is 0 Å². The minimum absolute atomic E-state index is 0.393. The van der Waals surface area contributed by atoms with E-state index in [1.54, 1.807) is 0 Å². The van der Waals surface area contributed by atoms with Crippen LogP contribution in [-0.4, -0.2) is 21.0 Å². The van der Waals surface area contributed by atoms with Gasteiger partial charge in [-0.15, -0.1) is 0 Å². The minimum atomic E-state index is -0.393. The number of aliphatic hydroxyl groups is 1. The molecule has 0 aliphatic heterocycles. The largest absolute Gasteiger partial charge is 0.392 e. The predicted molar refractivity (Wildman–Crippen MR) is 89.6 cm³/mol. The summed E-state index contributed by atoms with van der Waals surface area (Å²) < 4.78 is 3.04. The zero-order chi connectivity index (χ0) is 15.4. The number of aliphatic hydroxyl groups excluding tert-OH is 1.